The van der Waals surface area contributed by atoms with E-state index in [0.29, 0.717) is 35.4 Å². The topological polar surface area (TPSA) is 79.9 Å². The van der Waals surface area contributed by atoms with Crippen molar-refractivity contribution < 1.29 is 19.0 Å². The summed E-state index contributed by atoms with van der Waals surface area (Å²) >= 11 is 6.17. The van der Waals surface area contributed by atoms with Gasteiger partial charge in [-0.2, -0.15) is 5.10 Å². The minimum Gasteiger partial charge on any atom is -0.493 e. The average Bonchev–Trinajstić information content (AvgIpc) is 3.56. The number of nitrogens with one attached hydrogen (secondary N) is 1. The summed E-state index contributed by atoms with van der Waals surface area (Å²) in [6, 6.07) is 23.1. The van der Waals surface area contributed by atoms with E-state index in [1.54, 1.807) is 7.11 Å². The molecule has 0 saturated carbocycles. The number of H-pyrrole nitrogens is 1. The number of aromatic nitrogens is 2. The summed E-state index contributed by atoms with van der Waals surface area (Å²) in [5.41, 5.74) is 5.04. The maximum absolute atomic E-state index is 13.8. The highest BCUT2D eigenvalue weighted by Gasteiger charge is 2.42. The number of carbonyl (C=O) groups excluding carboxylic acids is 1. The van der Waals surface area contributed by atoms with E-state index in [4.69, 9.17) is 25.8 Å². The molecule has 8 nitrogen and oxygen atoms in total. The first-order chi connectivity index (χ1) is 20.1. The molecule has 212 valence electrons. The molecule has 3 aromatic carbocycles. The molecule has 1 N–H and O–H groups in total. The van der Waals surface area contributed by atoms with Crippen molar-refractivity contribution in [3.05, 3.63) is 100 Å². The predicted octanol–water partition coefficient (Wildman–Crippen LogP) is 5.59. The Morgan fingerprint density at radius 1 is 1.00 bits per heavy atom. The number of methoxy groups -OCH3 is 1. The van der Waals surface area contributed by atoms with Crippen LogP contribution in [0.15, 0.2) is 72.8 Å². The van der Waals surface area contributed by atoms with Crippen molar-refractivity contribution in [3.63, 3.8) is 0 Å². The summed E-state index contributed by atoms with van der Waals surface area (Å²) in [5.74, 6) is 1.21. The SMILES string of the molecule is COc1cc(C2c3c(-c4ccc(Cl)cc4)n[nH]c3C(=O)N2CCCN2CCOCC2)ccc1OCc1ccccc1. The lowest BCUT2D eigenvalue weighted by atomic mass is 9.95. The summed E-state index contributed by atoms with van der Waals surface area (Å²) in [5, 5.41) is 8.27. The number of morpholine rings is 1. The molecule has 3 heterocycles. The Bertz CT molecular complexity index is 1490. The van der Waals surface area contributed by atoms with Crippen LogP contribution in [0.3, 0.4) is 0 Å². The quantitative estimate of drug-likeness (QED) is 0.267. The fraction of sp³-hybridized carbons (Fsp3) is 0.312. The molecule has 0 radical (unpaired) electrons. The number of ether oxygens (including phenoxy) is 3. The number of rotatable bonds is 10. The van der Waals surface area contributed by atoms with Crippen LogP contribution >= 0.6 is 11.6 Å². The van der Waals surface area contributed by atoms with Gasteiger partial charge in [-0.25, -0.2) is 0 Å². The Hall–Kier alpha value is -3.85. The van der Waals surface area contributed by atoms with Crippen molar-refractivity contribution in [1.82, 2.24) is 20.0 Å². The van der Waals surface area contributed by atoms with Crippen LogP contribution in [-0.2, 0) is 11.3 Å². The third kappa shape index (κ3) is 5.81. The van der Waals surface area contributed by atoms with E-state index in [-0.39, 0.29) is 11.9 Å². The number of nitrogens with zero attached hydrogens (tertiary/aromatic N) is 3. The van der Waals surface area contributed by atoms with Gasteiger partial charge in [-0.1, -0.05) is 60.1 Å². The van der Waals surface area contributed by atoms with Crippen LogP contribution in [-0.4, -0.2) is 72.4 Å². The van der Waals surface area contributed by atoms with E-state index in [1.807, 2.05) is 77.7 Å². The number of benzene rings is 3. The summed E-state index contributed by atoms with van der Waals surface area (Å²) in [6.45, 7) is 5.29. The van der Waals surface area contributed by atoms with Gasteiger partial charge in [-0.3, -0.25) is 14.8 Å². The van der Waals surface area contributed by atoms with Gasteiger partial charge < -0.3 is 19.1 Å². The van der Waals surface area contributed by atoms with Gasteiger partial charge in [-0.15, -0.1) is 0 Å². The average molecular weight is 573 g/mol. The highest BCUT2D eigenvalue weighted by Crippen LogP contribution is 2.44. The highest BCUT2D eigenvalue weighted by molar-refractivity contribution is 6.30. The molecule has 2 aliphatic rings. The second kappa shape index (κ2) is 12.3. The fourth-order valence-corrected chi connectivity index (χ4v) is 5.73. The van der Waals surface area contributed by atoms with Crippen molar-refractivity contribution in [2.45, 2.75) is 19.1 Å². The molecule has 9 heteroatoms. The van der Waals surface area contributed by atoms with Crippen molar-refractivity contribution in [2.24, 2.45) is 0 Å². The van der Waals surface area contributed by atoms with E-state index in [1.165, 1.54) is 0 Å². The highest BCUT2D eigenvalue weighted by atomic mass is 35.5. The maximum Gasteiger partial charge on any atom is 0.273 e. The van der Waals surface area contributed by atoms with Gasteiger partial charge in [0.25, 0.3) is 5.91 Å². The molecule has 1 aromatic heterocycles. The zero-order valence-corrected chi connectivity index (χ0v) is 23.8. The first-order valence-electron chi connectivity index (χ1n) is 13.9. The number of hydrogen-bond donors (Lipinski definition) is 1. The second-order valence-electron chi connectivity index (χ2n) is 10.3. The van der Waals surface area contributed by atoms with Crippen LogP contribution in [0.1, 0.15) is 39.6 Å². The summed E-state index contributed by atoms with van der Waals surface area (Å²) in [4.78, 5) is 18.1. The summed E-state index contributed by atoms with van der Waals surface area (Å²) < 4.78 is 17.4. The zero-order chi connectivity index (χ0) is 28.2. The van der Waals surface area contributed by atoms with Crippen LogP contribution in [0.25, 0.3) is 11.3 Å². The van der Waals surface area contributed by atoms with E-state index in [2.05, 4.69) is 15.1 Å². The van der Waals surface area contributed by atoms with Crippen molar-refractivity contribution in [2.75, 3.05) is 46.5 Å². The first-order valence-corrected chi connectivity index (χ1v) is 14.3. The van der Waals surface area contributed by atoms with Crippen molar-refractivity contribution >= 4 is 17.5 Å². The molecular weight excluding hydrogens is 540 g/mol. The molecule has 1 atom stereocenters. The minimum absolute atomic E-state index is 0.0527. The maximum atomic E-state index is 13.8. The Labute approximate surface area is 244 Å². The lowest BCUT2D eigenvalue weighted by Crippen LogP contribution is -2.38. The number of amides is 1. The molecule has 1 unspecified atom stereocenters. The molecule has 2 aliphatic heterocycles. The molecule has 0 aliphatic carbocycles. The molecule has 41 heavy (non-hydrogen) atoms. The molecule has 0 spiro atoms. The van der Waals surface area contributed by atoms with Gasteiger partial charge in [-0.05, 0) is 41.8 Å². The Morgan fingerprint density at radius 3 is 2.54 bits per heavy atom. The van der Waals surface area contributed by atoms with Gasteiger partial charge >= 0.3 is 0 Å². The number of aromatic amines is 1. The van der Waals surface area contributed by atoms with Crippen LogP contribution in [0.4, 0.5) is 0 Å². The van der Waals surface area contributed by atoms with Crippen LogP contribution < -0.4 is 9.47 Å². The standard InChI is InChI=1S/C32H33ClN4O4/c1-39-27-20-24(10-13-26(27)41-21-22-6-3-2-4-7-22)31-28-29(23-8-11-25(33)12-9-23)34-35-30(28)32(38)37(31)15-5-14-36-16-18-40-19-17-36/h2-4,6-13,20,31H,5,14-19,21H2,1H3,(H,34,35). The summed E-state index contributed by atoms with van der Waals surface area (Å²) in [7, 11) is 1.64. The smallest absolute Gasteiger partial charge is 0.273 e. The third-order valence-electron chi connectivity index (χ3n) is 7.70. The normalized spacial score (nSPS) is 17.1. The largest absolute Gasteiger partial charge is 0.493 e. The monoisotopic (exact) mass is 572 g/mol. The lowest BCUT2D eigenvalue weighted by molar-refractivity contribution is 0.0354. The number of fused-ring (bicyclic) bond motifs is 1. The fourth-order valence-electron chi connectivity index (χ4n) is 5.60. The Balaban J connectivity index is 1.32. The van der Waals surface area contributed by atoms with E-state index < -0.39 is 0 Å². The predicted molar refractivity (Wildman–Crippen MR) is 158 cm³/mol. The number of hydrogen-bond acceptors (Lipinski definition) is 6. The van der Waals surface area contributed by atoms with E-state index in [9.17, 15) is 4.79 Å². The Morgan fingerprint density at radius 2 is 1.78 bits per heavy atom. The van der Waals surface area contributed by atoms with Gasteiger partial charge in [0.05, 0.1) is 32.1 Å². The van der Waals surface area contributed by atoms with Gasteiger partial charge in [0.2, 0.25) is 0 Å². The molecule has 1 fully saturated rings. The second-order valence-corrected chi connectivity index (χ2v) is 10.7. The number of halogens is 1. The minimum atomic E-state index is -0.330. The van der Waals surface area contributed by atoms with Gasteiger partial charge in [0.1, 0.15) is 12.3 Å². The van der Waals surface area contributed by atoms with Crippen LogP contribution in [0.2, 0.25) is 5.02 Å². The van der Waals surface area contributed by atoms with Crippen molar-refractivity contribution in [3.8, 4) is 22.8 Å². The van der Waals surface area contributed by atoms with E-state index >= 15 is 0 Å². The Kier molecular flexibility index (Phi) is 8.23. The molecule has 6 rings (SSSR count). The van der Waals surface area contributed by atoms with Gasteiger partial charge in [0.15, 0.2) is 11.5 Å². The summed E-state index contributed by atoms with van der Waals surface area (Å²) in [6.07, 6.45) is 0.853. The van der Waals surface area contributed by atoms with Crippen LogP contribution in [0.5, 0.6) is 11.5 Å². The molecule has 1 amide bonds. The third-order valence-corrected chi connectivity index (χ3v) is 7.95. The molecule has 1 saturated heterocycles. The molecular formula is C32H33ClN4O4. The van der Waals surface area contributed by atoms with E-state index in [0.717, 1.165) is 67.2 Å². The molecule has 0 bridgehead atoms. The number of carbonyl (C=O) groups is 1. The lowest BCUT2D eigenvalue weighted by Gasteiger charge is -2.30. The zero-order valence-electron chi connectivity index (χ0n) is 23.0. The van der Waals surface area contributed by atoms with Crippen molar-refractivity contribution in [1.29, 1.82) is 0 Å². The van der Waals surface area contributed by atoms with Gasteiger partial charge in [0, 0.05) is 42.3 Å². The van der Waals surface area contributed by atoms with Crippen LogP contribution in [0, 0.1) is 0 Å². The molecule has 4 aromatic rings. The first kappa shape index (κ1) is 27.3.